The third-order valence-electron chi connectivity index (χ3n) is 6.23. The predicted octanol–water partition coefficient (Wildman–Crippen LogP) is 6.43. The lowest BCUT2D eigenvalue weighted by molar-refractivity contribution is -0.142. The summed E-state index contributed by atoms with van der Waals surface area (Å²) in [5.41, 5.74) is 0. The zero-order valence-corrected chi connectivity index (χ0v) is 24.6. The van der Waals surface area contributed by atoms with E-state index in [1.165, 1.54) is 96.3 Å². The van der Waals surface area contributed by atoms with Crippen LogP contribution in [-0.2, 0) is 33.2 Å². The number of carbonyl (C=O) groups is 1. The molecule has 1 N–H and O–H groups in total. The average Bonchev–Trinajstić information content (AvgIpc) is 2.91. The van der Waals surface area contributed by atoms with Crippen molar-refractivity contribution in [2.45, 2.75) is 110 Å². The van der Waals surface area contributed by atoms with Gasteiger partial charge in [0.25, 0.3) is 0 Å². The van der Waals surface area contributed by atoms with Crippen LogP contribution >= 0.6 is 0 Å². The monoisotopic (exact) mass is 548 g/mol. The van der Waals surface area contributed by atoms with Crippen molar-refractivity contribution in [2.24, 2.45) is 0 Å². The van der Waals surface area contributed by atoms with Crippen LogP contribution in [0.2, 0.25) is 0 Å². The van der Waals surface area contributed by atoms with Crippen LogP contribution < -0.4 is 0 Å². The Hall–Kier alpha value is -0.770. The lowest BCUT2D eigenvalue weighted by Crippen LogP contribution is -2.15. The predicted molar refractivity (Wildman–Crippen MR) is 152 cm³/mol. The molecule has 0 aromatic rings. The number of carboxylic acids is 1. The van der Waals surface area contributed by atoms with Crippen LogP contribution in [0.4, 0.5) is 0 Å². The molecular formula is C30H60O8. The fourth-order valence-electron chi connectivity index (χ4n) is 4.01. The second-order valence-electron chi connectivity index (χ2n) is 9.81. The Morgan fingerprint density at radius 1 is 0.395 bits per heavy atom. The lowest BCUT2D eigenvalue weighted by atomic mass is 10.0. The lowest BCUT2D eigenvalue weighted by Gasteiger charge is -2.08. The van der Waals surface area contributed by atoms with Gasteiger partial charge in [-0.15, -0.1) is 0 Å². The van der Waals surface area contributed by atoms with E-state index in [4.69, 9.17) is 33.5 Å². The Labute approximate surface area is 233 Å². The molecule has 0 unspecified atom stereocenters. The van der Waals surface area contributed by atoms with Crippen molar-refractivity contribution in [3.05, 3.63) is 0 Å². The summed E-state index contributed by atoms with van der Waals surface area (Å²) >= 11 is 0. The van der Waals surface area contributed by atoms with Gasteiger partial charge in [0, 0.05) is 6.61 Å². The number of aliphatic carboxylic acids is 1. The van der Waals surface area contributed by atoms with Crippen molar-refractivity contribution in [2.75, 3.05) is 79.3 Å². The summed E-state index contributed by atoms with van der Waals surface area (Å²) in [5.74, 6) is -0.979. The minimum Gasteiger partial charge on any atom is -0.480 e. The minimum absolute atomic E-state index is 0.264. The van der Waals surface area contributed by atoms with E-state index in [9.17, 15) is 4.79 Å². The average molecular weight is 549 g/mol. The third-order valence-corrected chi connectivity index (χ3v) is 6.23. The highest BCUT2D eigenvalue weighted by Crippen LogP contribution is 2.13. The molecule has 0 saturated carbocycles. The molecule has 0 spiro atoms. The maximum atomic E-state index is 10.3. The summed E-state index contributed by atoms with van der Waals surface area (Å²) in [7, 11) is 0. The van der Waals surface area contributed by atoms with E-state index in [1.54, 1.807) is 0 Å². The van der Waals surface area contributed by atoms with Gasteiger partial charge in [-0.3, -0.25) is 0 Å². The van der Waals surface area contributed by atoms with Crippen molar-refractivity contribution in [3.8, 4) is 0 Å². The molecule has 0 aliphatic heterocycles. The van der Waals surface area contributed by atoms with Gasteiger partial charge in [-0.05, 0) is 6.42 Å². The highest BCUT2D eigenvalue weighted by molar-refractivity contribution is 5.67. The van der Waals surface area contributed by atoms with E-state index in [2.05, 4.69) is 6.92 Å². The fraction of sp³-hybridized carbons (Fsp3) is 0.967. The molecule has 0 bridgehead atoms. The number of rotatable bonds is 34. The molecule has 0 saturated heterocycles. The van der Waals surface area contributed by atoms with Crippen LogP contribution in [-0.4, -0.2) is 90.4 Å². The number of hydrogen-bond acceptors (Lipinski definition) is 7. The quantitative estimate of drug-likeness (QED) is 0.0920. The molecule has 38 heavy (non-hydrogen) atoms. The van der Waals surface area contributed by atoms with Gasteiger partial charge in [-0.2, -0.15) is 0 Å². The Kier molecular flexibility index (Phi) is 33.6. The molecule has 228 valence electrons. The topological polar surface area (TPSA) is 92.7 Å². The summed E-state index contributed by atoms with van der Waals surface area (Å²) in [5, 5.41) is 8.42. The molecule has 0 radical (unpaired) electrons. The summed E-state index contributed by atoms with van der Waals surface area (Å²) < 4.78 is 32.1. The van der Waals surface area contributed by atoms with Gasteiger partial charge in [0.05, 0.1) is 66.1 Å². The molecule has 0 aliphatic rings. The zero-order valence-electron chi connectivity index (χ0n) is 24.6. The van der Waals surface area contributed by atoms with E-state index >= 15 is 0 Å². The molecule has 8 nitrogen and oxygen atoms in total. The number of unbranched alkanes of at least 4 members (excludes halogenated alkanes) is 15. The normalized spacial score (nSPS) is 11.4. The van der Waals surface area contributed by atoms with Gasteiger partial charge in [0.2, 0.25) is 0 Å². The standard InChI is InChI=1S/C30H60O8/c1-2-3-4-5-6-7-8-9-10-11-12-13-14-15-16-17-18-33-19-20-34-21-22-35-23-24-36-25-26-37-27-28-38-29-30(31)32/h2-29H2,1H3,(H,31,32). The van der Waals surface area contributed by atoms with E-state index in [1.807, 2.05) is 0 Å². The first kappa shape index (κ1) is 37.2. The van der Waals surface area contributed by atoms with Crippen LogP contribution in [0, 0.1) is 0 Å². The van der Waals surface area contributed by atoms with Gasteiger partial charge in [0.1, 0.15) is 6.61 Å². The summed E-state index contributed by atoms with van der Waals surface area (Å²) in [6.45, 7) is 7.70. The van der Waals surface area contributed by atoms with E-state index < -0.39 is 5.97 Å². The zero-order chi connectivity index (χ0) is 27.6. The van der Waals surface area contributed by atoms with Crippen LogP contribution in [0.25, 0.3) is 0 Å². The summed E-state index contributed by atoms with van der Waals surface area (Å²) in [4.78, 5) is 10.3. The molecule has 0 aromatic heterocycles. The van der Waals surface area contributed by atoms with Gasteiger partial charge in [0.15, 0.2) is 0 Å². The highest BCUT2D eigenvalue weighted by Gasteiger charge is 1.97. The summed E-state index contributed by atoms with van der Waals surface area (Å²) in [6.07, 6.45) is 22.2. The van der Waals surface area contributed by atoms with Crippen molar-refractivity contribution in [1.29, 1.82) is 0 Å². The van der Waals surface area contributed by atoms with Gasteiger partial charge < -0.3 is 33.5 Å². The molecule has 0 fully saturated rings. The Balaban J connectivity index is 3.02. The molecule has 8 heteroatoms. The maximum absolute atomic E-state index is 10.3. The van der Waals surface area contributed by atoms with Crippen LogP contribution in [0.1, 0.15) is 110 Å². The smallest absolute Gasteiger partial charge is 0.329 e. The van der Waals surface area contributed by atoms with Gasteiger partial charge in [-0.1, -0.05) is 103 Å². The van der Waals surface area contributed by atoms with Crippen LogP contribution in [0.5, 0.6) is 0 Å². The van der Waals surface area contributed by atoms with Crippen molar-refractivity contribution in [1.82, 2.24) is 0 Å². The molecule has 0 atom stereocenters. The van der Waals surface area contributed by atoms with Crippen molar-refractivity contribution >= 4 is 5.97 Å². The molecule has 0 amide bonds. The van der Waals surface area contributed by atoms with E-state index in [-0.39, 0.29) is 13.2 Å². The van der Waals surface area contributed by atoms with E-state index in [0.717, 1.165) is 13.0 Å². The minimum atomic E-state index is -0.979. The maximum Gasteiger partial charge on any atom is 0.329 e. The second kappa shape index (κ2) is 34.3. The fourth-order valence-corrected chi connectivity index (χ4v) is 4.01. The van der Waals surface area contributed by atoms with Gasteiger partial charge in [-0.25, -0.2) is 4.79 Å². The first-order chi connectivity index (χ1) is 18.8. The highest BCUT2D eigenvalue weighted by atomic mass is 16.6. The number of ether oxygens (including phenoxy) is 6. The molecule has 0 rings (SSSR count). The van der Waals surface area contributed by atoms with Crippen molar-refractivity contribution in [3.63, 3.8) is 0 Å². The Morgan fingerprint density at radius 2 is 0.658 bits per heavy atom. The molecule has 0 aliphatic carbocycles. The first-order valence-corrected chi connectivity index (χ1v) is 15.5. The number of hydrogen-bond donors (Lipinski definition) is 1. The molecular weight excluding hydrogens is 488 g/mol. The molecule has 0 heterocycles. The van der Waals surface area contributed by atoms with Gasteiger partial charge >= 0.3 is 5.97 Å². The van der Waals surface area contributed by atoms with E-state index in [0.29, 0.717) is 59.5 Å². The van der Waals surface area contributed by atoms with Crippen LogP contribution in [0.3, 0.4) is 0 Å². The Bertz CT molecular complexity index is 450. The largest absolute Gasteiger partial charge is 0.480 e. The van der Waals surface area contributed by atoms with Crippen LogP contribution in [0.15, 0.2) is 0 Å². The second-order valence-corrected chi connectivity index (χ2v) is 9.81. The Morgan fingerprint density at radius 3 is 0.974 bits per heavy atom. The third kappa shape index (κ3) is 35.2. The first-order valence-electron chi connectivity index (χ1n) is 15.5. The number of carboxylic acid groups (broad SMARTS) is 1. The SMILES string of the molecule is CCCCCCCCCCCCCCCCCCOCCOCCOCCOCCOCCOCC(=O)O. The van der Waals surface area contributed by atoms with Crippen molar-refractivity contribution < 1.29 is 38.3 Å². The summed E-state index contributed by atoms with van der Waals surface area (Å²) in [6, 6.07) is 0. The molecule has 0 aromatic carbocycles.